The zero-order valence-corrected chi connectivity index (χ0v) is 17.0. The number of imidazole rings is 1. The molecule has 6 N–H and O–H groups in total. The molecule has 31 heavy (non-hydrogen) atoms. The zero-order valence-electron chi connectivity index (χ0n) is 17.0. The molecular formula is C19H28N6O6. The van der Waals surface area contributed by atoms with Gasteiger partial charge in [-0.15, -0.1) is 0 Å². The summed E-state index contributed by atoms with van der Waals surface area (Å²) in [5, 5.41) is 26.4. The number of aromatic amines is 1. The van der Waals surface area contributed by atoms with E-state index in [9.17, 15) is 19.2 Å². The van der Waals surface area contributed by atoms with Crippen LogP contribution in [0.15, 0.2) is 12.5 Å². The van der Waals surface area contributed by atoms with Gasteiger partial charge in [-0.2, -0.15) is 0 Å². The molecule has 2 fully saturated rings. The van der Waals surface area contributed by atoms with Gasteiger partial charge < -0.3 is 36.0 Å². The quantitative estimate of drug-likeness (QED) is 0.251. The Balaban J connectivity index is 1.72. The van der Waals surface area contributed by atoms with E-state index in [1.54, 1.807) is 6.20 Å². The van der Waals surface area contributed by atoms with Crippen LogP contribution in [0.2, 0.25) is 0 Å². The van der Waals surface area contributed by atoms with Crippen LogP contribution in [0.4, 0.5) is 0 Å². The fraction of sp³-hybridized carbons (Fsp3) is 0.632. The highest BCUT2D eigenvalue weighted by atomic mass is 16.4. The number of carbonyl (C=O) groups is 4. The van der Waals surface area contributed by atoms with Gasteiger partial charge in [-0.1, -0.05) is 0 Å². The van der Waals surface area contributed by atoms with E-state index in [0.717, 1.165) is 13.0 Å². The number of hydrogen-bond donors (Lipinski definition) is 6. The van der Waals surface area contributed by atoms with Gasteiger partial charge in [0.15, 0.2) is 0 Å². The van der Waals surface area contributed by atoms with Crippen molar-refractivity contribution in [1.82, 2.24) is 30.8 Å². The number of carboxylic acid groups (broad SMARTS) is 1. The Morgan fingerprint density at radius 3 is 2.55 bits per heavy atom. The van der Waals surface area contributed by atoms with Gasteiger partial charge in [0.1, 0.15) is 18.1 Å². The molecular weight excluding hydrogens is 408 g/mol. The first-order valence-corrected chi connectivity index (χ1v) is 10.4. The van der Waals surface area contributed by atoms with E-state index in [4.69, 9.17) is 10.2 Å². The number of aromatic nitrogens is 2. The SMILES string of the molecule is O=C(O)C(CO)NC(=O)C1CCCN1C(=O)C(Cc1cnc[nH]1)NC(=O)C1CCCN1. The van der Waals surface area contributed by atoms with Crippen molar-refractivity contribution in [1.29, 1.82) is 0 Å². The van der Waals surface area contributed by atoms with Crippen molar-refractivity contribution in [2.24, 2.45) is 0 Å². The van der Waals surface area contributed by atoms with E-state index in [1.165, 1.54) is 11.2 Å². The summed E-state index contributed by atoms with van der Waals surface area (Å²) in [6, 6.07) is -3.59. The third-order valence-corrected chi connectivity index (χ3v) is 5.61. The van der Waals surface area contributed by atoms with Crippen molar-refractivity contribution >= 4 is 23.7 Å². The minimum Gasteiger partial charge on any atom is -0.480 e. The van der Waals surface area contributed by atoms with Gasteiger partial charge in [-0.3, -0.25) is 14.4 Å². The molecule has 0 saturated carbocycles. The lowest BCUT2D eigenvalue weighted by Crippen LogP contribution is -2.57. The molecule has 1 aromatic rings. The van der Waals surface area contributed by atoms with Crippen molar-refractivity contribution in [2.45, 2.75) is 56.3 Å². The zero-order chi connectivity index (χ0) is 22.4. The van der Waals surface area contributed by atoms with Crippen LogP contribution in [0, 0.1) is 0 Å². The number of aliphatic carboxylic acids is 1. The molecule has 1 aromatic heterocycles. The number of nitrogens with zero attached hydrogens (tertiary/aromatic N) is 2. The van der Waals surface area contributed by atoms with Crippen LogP contribution in [-0.2, 0) is 25.6 Å². The first-order valence-electron chi connectivity index (χ1n) is 10.4. The highest BCUT2D eigenvalue weighted by molar-refractivity contribution is 5.94. The van der Waals surface area contributed by atoms with E-state index in [2.05, 4.69) is 25.9 Å². The van der Waals surface area contributed by atoms with Crippen molar-refractivity contribution < 1.29 is 29.4 Å². The molecule has 3 rings (SSSR count). The summed E-state index contributed by atoms with van der Waals surface area (Å²) in [5.41, 5.74) is 0.657. The number of amides is 3. The highest BCUT2D eigenvalue weighted by Gasteiger charge is 2.39. The van der Waals surface area contributed by atoms with E-state index in [0.29, 0.717) is 31.5 Å². The summed E-state index contributed by atoms with van der Waals surface area (Å²) in [4.78, 5) is 57.9. The molecule has 2 aliphatic rings. The fourth-order valence-corrected chi connectivity index (χ4v) is 3.95. The molecule has 2 aliphatic heterocycles. The molecule has 12 nitrogen and oxygen atoms in total. The summed E-state index contributed by atoms with van der Waals surface area (Å²) in [6.07, 6.45) is 5.71. The molecule has 4 atom stereocenters. The van der Waals surface area contributed by atoms with Gasteiger partial charge in [0.05, 0.1) is 19.0 Å². The molecule has 0 aliphatic carbocycles. The number of rotatable bonds is 9. The van der Waals surface area contributed by atoms with Gasteiger partial charge in [0.2, 0.25) is 17.7 Å². The van der Waals surface area contributed by atoms with E-state index < -0.39 is 42.5 Å². The summed E-state index contributed by atoms with van der Waals surface area (Å²) in [7, 11) is 0. The molecule has 3 heterocycles. The van der Waals surface area contributed by atoms with E-state index in [1.807, 2.05) is 0 Å². The van der Waals surface area contributed by atoms with Gasteiger partial charge in [0, 0.05) is 24.9 Å². The van der Waals surface area contributed by atoms with Gasteiger partial charge in [-0.05, 0) is 32.2 Å². The van der Waals surface area contributed by atoms with Gasteiger partial charge in [0.25, 0.3) is 0 Å². The summed E-state index contributed by atoms with van der Waals surface area (Å²) in [5.74, 6) is -2.70. The lowest BCUT2D eigenvalue weighted by Gasteiger charge is -2.29. The van der Waals surface area contributed by atoms with E-state index in [-0.39, 0.29) is 18.4 Å². The normalized spacial score (nSPS) is 22.7. The van der Waals surface area contributed by atoms with Crippen LogP contribution >= 0.6 is 0 Å². The largest absolute Gasteiger partial charge is 0.480 e. The number of H-pyrrole nitrogens is 1. The molecule has 0 bridgehead atoms. The van der Waals surface area contributed by atoms with Crippen LogP contribution in [0.5, 0.6) is 0 Å². The van der Waals surface area contributed by atoms with Crippen molar-refractivity contribution in [3.05, 3.63) is 18.2 Å². The number of carboxylic acids is 1. The summed E-state index contributed by atoms with van der Waals surface area (Å²) in [6.45, 7) is 0.292. The summed E-state index contributed by atoms with van der Waals surface area (Å²) < 4.78 is 0. The third-order valence-electron chi connectivity index (χ3n) is 5.61. The first-order chi connectivity index (χ1) is 14.9. The van der Waals surface area contributed by atoms with Crippen LogP contribution in [0.3, 0.4) is 0 Å². The Bertz CT molecular complexity index is 794. The second-order valence-corrected chi connectivity index (χ2v) is 7.76. The van der Waals surface area contributed by atoms with Crippen LogP contribution in [0.1, 0.15) is 31.4 Å². The summed E-state index contributed by atoms with van der Waals surface area (Å²) >= 11 is 0. The number of aliphatic hydroxyl groups excluding tert-OH is 1. The fourth-order valence-electron chi connectivity index (χ4n) is 3.95. The third kappa shape index (κ3) is 5.58. The average Bonchev–Trinajstić information content (AvgIpc) is 3.52. The maximum absolute atomic E-state index is 13.3. The molecule has 0 radical (unpaired) electrons. The van der Waals surface area contributed by atoms with Crippen LogP contribution in [-0.4, -0.2) is 92.6 Å². The predicted octanol–water partition coefficient (Wildman–Crippen LogP) is -2.26. The number of carbonyl (C=O) groups excluding carboxylic acids is 3. The molecule has 0 spiro atoms. The van der Waals surface area contributed by atoms with Crippen molar-refractivity contribution in [3.63, 3.8) is 0 Å². The molecule has 12 heteroatoms. The molecule has 3 amide bonds. The minimum absolute atomic E-state index is 0.177. The van der Waals surface area contributed by atoms with Gasteiger partial charge in [-0.25, -0.2) is 9.78 Å². The van der Waals surface area contributed by atoms with Crippen LogP contribution in [0.25, 0.3) is 0 Å². The number of nitrogens with one attached hydrogen (secondary N) is 4. The lowest BCUT2D eigenvalue weighted by atomic mass is 10.1. The maximum atomic E-state index is 13.3. The van der Waals surface area contributed by atoms with Crippen molar-refractivity contribution in [2.75, 3.05) is 19.7 Å². The molecule has 2 saturated heterocycles. The molecule has 0 aromatic carbocycles. The van der Waals surface area contributed by atoms with E-state index >= 15 is 0 Å². The number of likely N-dealkylation sites (tertiary alicyclic amines) is 1. The molecule has 4 unspecified atom stereocenters. The molecule has 170 valence electrons. The highest BCUT2D eigenvalue weighted by Crippen LogP contribution is 2.20. The minimum atomic E-state index is -1.45. The average molecular weight is 436 g/mol. The number of aliphatic hydroxyl groups is 1. The Labute approximate surface area is 178 Å². The Morgan fingerprint density at radius 1 is 1.16 bits per heavy atom. The Morgan fingerprint density at radius 2 is 1.94 bits per heavy atom. The number of hydrogen-bond acceptors (Lipinski definition) is 7. The second kappa shape index (κ2) is 10.4. The topological polar surface area (TPSA) is 177 Å². The smallest absolute Gasteiger partial charge is 0.328 e. The monoisotopic (exact) mass is 436 g/mol. The first kappa shape index (κ1) is 22.7. The lowest BCUT2D eigenvalue weighted by molar-refractivity contribution is -0.145. The maximum Gasteiger partial charge on any atom is 0.328 e. The van der Waals surface area contributed by atoms with Crippen LogP contribution < -0.4 is 16.0 Å². The standard InChI is InChI=1S/C19H28N6O6/c26-9-14(19(30)31)24-17(28)15-4-2-6-25(15)18(29)13(7-11-8-20-10-22-11)23-16(27)12-3-1-5-21-12/h8,10,12-15,21,26H,1-7,9H2,(H,20,22)(H,23,27)(H,24,28)(H,30,31). The Kier molecular flexibility index (Phi) is 7.58. The van der Waals surface area contributed by atoms with Gasteiger partial charge >= 0.3 is 5.97 Å². The Hall–Kier alpha value is -2.99. The predicted molar refractivity (Wildman–Crippen MR) is 107 cm³/mol. The second-order valence-electron chi connectivity index (χ2n) is 7.76. The van der Waals surface area contributed by atoms with Crippen molar-refractivity contribution in [3.8, 4) is 0 Å².